The number of likely N-dealkylation sites (tertiary alicyclic amines) is 1. The summed E-state index contributed by atoms with van der Waals surface area (Å²) in [4.78, 5) is 13.9. The van der Waals surface area contributed by atoms with Crippen molar-refractivity contribution in [3.63, 3.8) is 0 Å². The van der Waals surface area contributed by atoms with Gasteiger partial charge in [0.05, 0.1) is 11.1 Å². The van der Waals surface area contributed by atoms with E-state index in [9.17, 15) is 9.90 Å². The van der Waals surface area contributed by atoms with E-state index in [0.29, 0.717) is 45.6 Å². The maximum Gasteiger partial charge on any atom is 0.410 e. The summed E-state index contributed by atoms with van der Waals surface area (Å²) < 4.78 is 10.9. The Morgan fingerprint density at radius 1 is 1.23 bits per heavy atom. The molecule has 0 aliphatic carbocycles. The first-order valence-electron chi connectivity index (χ1n) is 8.22. The van der Waals surface area contributed by atoms with Crippen molar-refractivity contribution in [3.8, 4) is 0 Å². The first-order chi connectivity index (χ1) is 10.2. The molecule has 2 fully saturated rings. The van der Waals surface area contributed by atoms with Gasteiger partial charge >= 0.3 is 6.09 Å². The van der Waals surface area contributed by atoms with Gasteiger partial charge in [-0.05, 0) is 46.5 Å². The highest BCUT2D eigenvalue weighted by Gasteiger charge is 2.50. The third-order valence-corrected chi connectivity index (χ3v) is 4.64. The molecule has 0 bridgehead atoms. The second-order valence-electron chi connectivity index (χ2n) is 7.66. The number of rotatable bonds is 1. The molecule has 2 heterocycles. The van der Waals surface area contributed by atoms with Crippen LogP contribution in [0.15, 0.2) is 0 Å². The van der Waals surface area contributed by atoms with Gasteiger partial charge in [-0.2, -0.15) is 0 Å². The van der Waals surface area contributed by atoms with Crippen LogP contribution in [0.2, 0.25) is 0 Å². The smallest absolute Gasteiger partial charge is 0.410 e. The first kappa shape index (κ1) is 17.5. The number of nitrogens with two attached hydrogens (primary N) is 1. The molecule has 2 atom stereocenters. The molecule has 2 unspecified atom stereocenters. The largest absolute Gasteiger partial charge is 0.444 e. The SMILES string of the molecule is CC(C)(C)OC(=O)N1CCCC(N)(C2(O)CCCOCC2)C1. The van der Waals surface area contributed by atoms with E-state index < -0.39 is 16.7 Å². The highest BCUT2D eigenvalue weighted by atomic mass is 16.6. The summed E-state index contributed by atoms with van der Waals surface area (Å²) in [7, 11) is 0. The van der Waals surface area contributed by atoms with E-state index >= 15 is 0 Å². The van der Waals surface area contributed by atoms with Crippen molar-refractivity contribution in [1.29, 1.82) is 0 Å². The van der Waals surface area contributed by atoms with Gasteiger partial charge in [-0.25, -0.2) is 4.79 Å². The minimum absolute atomic E-state index is 0.332. The zero-order valence-corrected chi connectivity index (χ0v) is 14.1. The van der Waals surface area contributed by atoms with Crippen molar-refractivity contribution in [1.82, 2.24) is 4.90 Å². The van der Waals surface area contributed by atoms with Crippen LogP contribution in [0.1, 0.15) is 52.9 Å². The van der Waals surface area contributed by atoms with Gasteiger partial charge in [0, 0.05) is 32.7 Å². The monoisotopic (exact) mass is 314 g/mol. The summed E-state index contributed by atoms with van der Waals surface area (Å²) in [5, 5.41) is 11.1. The lowest BCUT2D eigenvalue weighted by molar-refractivity contribution is -0.0789. The Balaban J connectivity index is 2.09. The number of amides is 1. The predicted molar refractivity (Wildman–Crippen MR) is 83.6 cm³/mol. The molecule has 0 saturated carbocycles. The van der Waals surface area contributed by atoms with E-state index in [1.165, 1.54) is 0 Å². The van der Waals surface area contributed by atoms with Crippen LogP contribution in [0.5, 0.6) is 0 Å². The van der Waals surface area contributed by atoms with Crippen LogP contribution in [0, 0.1) is 0 Å². The van der Waals surface area contributed by atoms with Crippen LogP contribution in [-0.4, -0.2) is 59.1 Å². The number of piperidine rings is 1. The van der Waals surface area contributed by atoms with Crippen molar-refractivity contribution in [3.05, 3.63) is 0 Å². The molecule has 2 saturated heterocycles. The van der Waals surface area contributed by atoms with Crippen molar-refractivity contribution < 1.29 is 19.4 Å². The Morgan fingerprint density at radius 3 is 2.64 bits per heavy atom. The van der Waals surface area contributed by atoms with Crippen LogP contribution in [0.3, 0.4) is 0 Å². The van der Waals surface area contributed by atoms with Crippen LogP contribution < -0.4 is 5.73 Å². The number of hydrogen-bond donors (Lipinski definition) is 2. The van der Waals surface area contributed by atoms with E-state index in [2.05, 4.69) is 0 Å². The van der Waals surface area contributed by atoms with Gasteiger partial charge in [-0.1, -0.05) is 0 Å². The average molecular weight is 314 g/mol. The summed E-state index contributed by atoms with van der Waals surface area (Å²) >= 11 is 0. The molecular weight excluding hydrogens is 284 g/mol. The molecule has 3 N–H and O–H groups in total. The Bertz CT molecular complexity index is 399. The Kier molecular flexibility index (Phi) is 5.04. The number of aliphatic hydroxyl groups is 1. The van der Waals surface area contributed by atoms with E-state index in [4.69, 9.17) is 15.2 Å². The maximum absolute atomic E-state index is 12.3. The van der Waals surface area contributed by atoms with Gasteiger partial charge < -0.3 is 25.2 Å². The Hall–Kier alpha value is -0.850. The second-order valence-corrected chi connectivity index (χ2v) is 7.66. The lowest BCUT2D eigenvalue weighted by Gasteiger charge is -2.49. The quantitative estimate of drug-likeness (QED) is 0.768. The summed E-state index contributed by atoms with van der Waals surface area (Å²) in [5.41, 5.74) is 4.27. The number of ether oxygens (including phenoxy) is 2. The number of nitrogens with zero attached hydrogens (tertiary/aromatic N) is 1. The molecule has 6 nitrogen and oxygen atoms in total. The van der Waals surface area contributed by atoms with Gasteiger partial charge in [-0.3, -0.25) is 0 Å². The van der Waals surface area contributed by atoms with Gasteiger partial charge in [0.25, 0.3) is 0 Å². The van der Waals surface area contributed by atoms with Crippen molar-refractivity contribution in [2.45, 2.75) is 69.6 Å². The molecule has 0 aromatic carbocycles. The lowest BCUT2D eigenvalue weighted by atomic mass is 9.71. The third kappa shape index (κ3) is 3.91. The molecule has 6 heteroatoms. The molecule has 2 rings (SSSR count). The van der Waals surface area contributed by atoms with Crippen molar-refractivity contribution in [2.75, 3.05) is 26.3 Å². The Morgan fingerprint density at radius 2 is 1.95 bits per heavy atom. The standard InChI is InChI=1S/C16H30N2O4/c1-14(2,3)22-13(19)18-9-4-6-15(17,12-18)16(20)7-5-10-21-11-8-16/h20H,4-12,17H2,1-3H3. The van der Waals surface area contributed by atoms with Crippen LogP contribution >= 0.6 is 0 Å². The van der Waals surface area contributed by atoms with Gasteiger partial charge in [0.2, 0.25) is 0 Å². The molecule has 0 aromatic rings. The van der Waals surface area contributed by atoms with E-state index in [0.717, 1.165) is 12.8 Å². The number of hydrogen-bond acceptors (Lipinski definition) is 5. The molecule has 0 aromatic heterocycles. The second kappa shape index (κ2) is 6.34. The van der Waals surface area contributed by atoms with Crippen molar-refractivity contribution in [2.24, 2.45) is 5.73 Å². The molecule has 2 aliphatic rings. The maximum atomic E-state index is 12.3. The summed E-state index contributed by atoms with van der Waals surface area (Å²) in [6.45, 7) is 7.68. The van der Waals surface area contributed by atoms with E-state index in [-0.39, 0.29) is 6.09 Å². The van der Waals surface area contributed by atoms with Crippen LogP contribution in [0.4, 0.5) is 4.79 Å². The van der Waals surface area contributed by atoms with E-state index in [1.54, 1.807) is 4.90 Å². The van der Waals surface area contributed by atoms with Gasteiger partial charge in [0.15, 0.2) is 0 Å². The average Bonchev–Trinajstić information content (AvgIpc) is 2.63. The number of carbonyl (C=O) groups excluding carboxylic acids is 1. The minimum Gasteiger partial charge on any atom is -0.444 e. The number of carbonyl (C=O) groups is 1. The zero-order chi connectivity index (χ0) is 16.4. The van der Waals surface area contributed by atoms with E-state index in [1.807, 2.05) is 20.8 Å². The minimum atomic E-state index is -0.982. The molecule has 0 spiro atoms. The molecule has 22 heavy (non-hydrogen) atoms. The summed E-state index contributed by atoms with van der Waals surface area (Å²) in [6, 6.07) is 0. The molecule has 2 aliphatic heterocycles. The lowest BCUT2D eigenvalue weighted by Crippen LogP contribution is -2.68. The van der Waals surface area contributed by atoms with Crippen LogP contribution in [-0.2, 0) is 9.47 Å². The van der Waals surface area contributed by atoms with Gasteiger partial charge in [0.1, 0.15) is 5.60 Å². The molecule has 128 valence electrons. The Labute approximate surface area is 132 Å². The predicted octanol–water partition coefficient (Wildman–Crippen LogP) is 1.65. The van der Waals surface area contributed by atoms with Gasteiger partial charge in [-0.15, -0.1) is 0 Å². The fraction of sp³-hybridized carbons (Fsp3) is 0.938. The molecule has 0 radical (unpaired) electrons. The summed E-state index contributed by atoms with van der Waals surface area (Å²) in [6.07, 6.45) is 3.07. The summed E-state index contributed by atoms with van der Waals surface area (Å²) in [5.74, 6) is 0. The highest BCUT2D eigenvalue weighted by molar-refractivity contribution is 5.68. The van der Waals surface area contributed by atoms with Crippen molar-refractivity contribution >= 4 is 6.09 Å². The normalized spacial score (nSPS) is 34.1. The fourth-order valence-electron chi connectivity index (χ4n) is 3.38. The highest BCUT2D eigenvalue weighted by Crippen LogP contribution is 2.37. The zero-order valence-electron chi connectivity index (χ0n) is 14.1. The topological polar surface area (TPSA) is 85.0 Å². The fourth-order valence-corrected chi connectivity index (χ4v) is 3.38. The molecular formula is C16H30N2O4. The molecule has 1 amide bonds. The first-order valence-corrected chi connectivity index (χ1v) is 8.22. The van der Waals surface area contributed by atoms with Crippen LogP contribution in [0.25, 0.3) is 0 Å². The third-order valence-electron chi connectivity index (χ3n) is 4.64.